The monoisotopic (exact) mass is 404 g/mol. The molecule has 11 heteroatoms. The molecule has 1 N–H and O–H groups in total. The maximum atomic E-state index is 12.9. The van der Waals surface area contributed by atoms with Crippen molar-refractivity contribution in [2.75, 3.05) is 19.5 Å². The van der Waals surface area contributed by atoms with Gasteiger partial charge in [0.2, 0.25) is 17.2 Å². The Balaban J connectivity index is 1.97. The molecular weight excluding hydrogens is 387 g/mol. The summed E-state index contributed by atoms with van der Waals surface area (Å²) in [7, 11) is -1.22. The van der Waals surface area contributed by atoms with Crippen molar-refractivity contribution in [3.63, 3.8) is 0 Å². The maximum absolute atomic E-state index is 12.9. The Morgan fingerprint density at radius 3 is 2.50 bits per heavy atom. The number of nitro benzene ring substituents is 1. The molecular formula is C17H17N4O6P. The normalized spacial score (nSPS) is 11.4. The maximum Gasteiger partial charge on any atom is 0.384 e. The van der Waals surface area contributed by atoms with Crippen LogP contribution in [-0.4, -0.2) is 29.1 Å². The first-order chi connectivity index (χ1) is 13.5. The molecule has 2 aromatic heterocycles. The fourth-order valence-corrected chi connectivity index (χ4v) is 3.48. The molecule has 0 saturated heterocycles. The number of pyridine rings is 1. The highest BCUT2D eigenvalue weighted by atomic mass is 31.2. The summed E-state index contributed by atoms with van der Waals surface area (Å²) in [5, 5.41) is 13.8. The molecule has 3 aromatic rings. The van der Waals surface area contributed by atoms with Crippen molar-refractivity contribution in [1.29, 1.82) is 0 Å². The topological polar surface area (TPSA) is 130 Å². The van der Waals surface area contributed by atoms with Crippen LogP contribution in [0.3, 0.4) is 0 Å². The number of oxazole rings is 1. The molecule has 10 nitrogen and oxygen atoms in total. The number of hydrogen-bond donors (Lipinski definition) is 1. The zero-order chi connectivity index (χ0) is 20.1. The minimum atomic E-state index is -3.71. The highest BCUT2D eigenvalue weighted by molar-refractivity contribution is 7.62. The van der Waals surface area contributed by atoms with E-state index < -0.39 is 12.5 Å². The lowest BCUT2D eigenvalue weighted by atomic mass is 10.2. The molecule has 0 bridgehead atoms. The van der Waals surface area contributed by atoms with E-state index in [0.717, 1.165) is 5.56 Å². The highest BCUT2D eigenvalue weighted by Crippen LogP contribution is 2.47. The van der Waals surface area contributed by atoms with Crippen LogP contribution in [-0.2, 0) is 20.2 Å². The summed E-state index contributed by atoms with van der Waals surface area (Å²) in [6.45, 7) is 0.336. The van der Waals surface area contributed by atoms with Gasteiger partial charge in [0, 0.05) is 50.9 Å². The molecule has 3 rings (SSSR count). The predicted octanol–water partition coefficient (Wildman–Crippen LogP) is 3.37. The van der Waals surface area contributed by atoms with Gasteiger partial charge in [0.05, 0.1) is 4.92 Å². The third-order valence-electron chi connectivity index (χ3n) is 3.85. The Hall–Kier alpha value is -3.07. The quantitative estimate of drug-likeness (QED) is 0.341. The first-order valence-corrected chi connectivity index (χ1v) is 9.61. The summed E-state index contributed by atoms with van der Waals surface area (Å²) in [5.41, 5.74) is 1.26. The van der Waals surface area contributed by atoms with E-state index in [4.69, 9.17) is 13.5 Å². The van der Waals surface area contributed by atoms with Gasteiger partial charge in [-0.1, -0.05) is 6.07 Å². The van der Waals surface area contributed by atoms with Gasteiger partial charge >= 0.3 is 7.60 Å². The van der Waals surface area contributed by atoms with E-state index in [-0.39, 0.29) is 22.9 Å². The summed E-state index contributed by atoms with van der Waals surface area (Å²) in [5.74, 6) is 0.233. The zero-order valence-electron chi connectivity index (χ0n) is 15.1. The van der Waals surface area contributed by atoms with Crippen LogP contribution in [0.5, 0.6) is 0 Å². The van der Waals surface area contributed by atoms with Gasteiger partial charge in [-0.3, -0.25) is 19.7 Å². The molecule has 146 valence electrons. The van der Waals surface area contributed by atoms with Crippen LogP contribution in [0.25, 0.3) is 11.5 Å². The minimum absolute atomic E-state index is 0.0188. The van der Waals surface area contributed by atoms with E-state index in [0.29, 0.717) is 12.1 Å². The second-order valence-electron chi connectivity index (χ2n) is 5.55. The van der Waals surface area contributed by atoms with Gasteiger partial charge < -0.3 is 18.8 Å². The largest absolute Gasteiger partial charge is 0.420 e. The average molecular weight is 404 g/mol. The van der Waals surface area contributed by atoms with E-state index in [2.05, 4.69) is 15.3 Å². The summed E-state index contributed by atoms with van der Waals surface area (Å²) in [6, 6.07) is 9.28. The van der Waals surface area contributed by atoms with Crippen molar-refractivity contribution in [3.8, 4) is 11.5 Å². The van der Waals surface area contributed by atoms with E-state index in [1.807, 2.05) is 6.07 Å². The third kappa shape index (κ3) is 4.09. The summed E-state index contributed by atoms with van der Waals surface area (Å²) >= 11 is 0. The number of anilines is 1. The number of rotatable bonds is 8. The van der Waals surface area contributed by atoms with Crippen LogP contribution in [0.2, 0.25) is 0 Å². The minimum Gasteiger partial charge on any atom is -0.420 e. The van der Waals surface area contributed by atoms with Gasteiger partial charge in [-0.15, -0.1) is 0 Å². The van der Waals surface area contributed by atoms with Gasteiger partial charge in [-0.05, 0) is 23.8 Å². The number of aromatic nitrogens is 2. The number of nitro groups is 1. The Morgan fingerprint density at radius 1 is 1.21 bits per heavy atom. The first kappa shape index (κ1) is 19.7. The fourth-order valence-electron chi connectivity index (χ4n) is 2.39. The van der Waals surface area contributed by atoms with Crippen LogP contribution < -0.4 is 10.8 Å². The number of benzene rings is 1. The van der Waals surface area contributed by atoms with E-state index >= 15 is 0 Å². The van der Waals surface area contributed by atoms with Crippen molar-refractivity contribution >= 4 is 24.6 Å². The highest BCUT2D eigenvalue weighted by Gasteiger charge is 2.34. The number of non-ortho nitro benzene ring substituents is 1. The Kier molecular flexibility index (Phi) is 5.84. The molecule has 0 radical (unpaired) electrons. The second kappa shape index (κ2) is 8.30. The van der Waals surface area contributed by atoms with Crippen molar-refractivity contribution in [2.24, 2.45) is 0 Å². The summed E-state index contributed by atoms with van der Waals surface area (Å²) < 4.78 is 28.7. The average Bonchev–Trinajstić information content (AvgIpc) is 3.17. The molecule has 1 aromatic carbocycles. The van der Waals surface area contributed by atoms with E-state index in [9.17, 15) is 14.7 Å². The second-order valence-corrected chi connectivity index (χ2v) is 7.70. The Labute approximate surface area is 160 Å². The smallest absolute Gasteiger partial charge is 0.384 e. The lowest BCUT2D eigenvalue weighted by Gasteiger charge is -2.12. The lowest BCUT2D eigenvalue weighted by Crippen LogP contribution is -2.14. The standard InChI is InChI=1S/C17H17N4O6P/c1-25-28(24,26-2)17-16(19-11-12-4-3-9-18-10-12)27-15(20-17)13-5-7-14(8-6-13)21(22)23/h3-10,19H,11H2,1-2H3. The molecule has 28 heavy (non-hydrogen) atoms. The molecule has 0 amide bonds. The Morgan fingerprint density at radius 2 is 1.93 bits per heavy atom. The number of hydrogen-bond acceptors (Lipinski definition) is 9. The van der Waals surface area contributed by atoms with Gasteiger partial charge in [0.15, 0.2) is 0 Å². The van der Waals surface area contributed by atoms with Gasteiger partial charge in [-0.25, -0.2) is 0 Å². The van der Waals surface area contributed by atoms with Crippen LogP contribution in [0.4, 0.5) is 11.6 Å². The molecule has 0 aliphatic rings. The molecule has 0 saturated carbocycles. The Bertz CT molecular complexity index is 998. The molecule has 2 heterocycles. The van der Waals surface area contributed by atoms with Gasteiger partial charge in [-0.2, -0.15) is 4.98 Å². The number of nitrogens with one attached hydrogen (secondary N) is 1. The summed E-state index contributed by atoms with van der Waals surface area (Å²) in [6.07, 6.45) is 3.33. The molecule has 0 aliphatic carbocycles. The van der Waals surface area contributed by atoms with Crippen LogP contribution in [0, 0.1) is 10.1 Å². The zero-order valence-corrected chi connectivity index (χ0v) is 16.0. The fraction of sp³-hybridized carbons (Fsp3) is 0.176. The van der Waals surface area contributed by atoms with Crippen LogP contribution in [0.15, 0.2) is 53.2 Å². The van der Waals surface area contributed by atoms with Crippen molar-refractivity contribution in [1.82, 2.24) is 9.97 Å². The van der Waals surface area contributed by atoms with Crippen LogP contribution in [0.1, 0.15) is 5.56 Å². The molecule has 0 atom stereocenters. The van der Waals surface area contributed by atoms with Gasteiger partial charge in [0.1, 0.15) is 0 Å². The predicted molar refractivity (Wildman–Crippen MR) is 101 cm³/mol. The molecule has 0 fully saturated rings. The van der Waals surface area contributed by atoms with E-state index in [1.54, 1.807) is 18.5 Å². The summed E-state index contributed by atoms with van der Waals surface area (Å²) in [4.78, 5) is 18.6. The lowest BCUT2D eigenvalue weighted by molar-refractivity contribution is -0.384. The number of nitrogens with zero attached hydrogens (tertiary/aromatic N) is 3. The SMILES string of the molecule is COP(=O)(OC)c1nc(-c2ccc([N+](=O)[O-])cc2)oc1NCc1cccnc1. The van der Waals surface area contributed by atoms with Gasteiger partial charge in [0.25, 0.3) is 5.69 Å². The first-order valence-electron chi connectivity index (χ1n) is 8.07. The van der Waals surface area contributed by atoms with Crippen molar-refractivity contribution < 1.29 is 23.0 Å². The van der Waals surface area contributed by atoms with Crippen LogP contribution >= 0.6 is 7.60 Å². The molecule has 0 unspecified atom stereocenters. The third-order valence-corrected chi connectivity index (χ3v) is 5.63. The molecule has 0 spiro atoms. The van der Waals surface area contributed by atoms with Crippen molar-refractivity contribution in [2.45, 2.75) is 6.54 Å². The van der Waals surface area contributed by atoms with Crippen molar-refractivity contribution in [3.05, 3.63) is 64.5 Å². The van der Waals surface area contributed by atoms with E-state index in [1.165, 1.54) is 38.5 Å². The molecule has 0 aliphatic heterocycles.